The Bertz CT molecular complexity index is 873. The zero-order valence-corrected chi connectivity index (χ0v) is 17.4. The zero-order chi connectivity index (χ0) is 20.4. The molecule has 1 unspecified atom stereocenters. The van der Waals surface area contributed by atoms with Gasteiger partial charge in [0.1, 0.15) is 6.04 Å². The number of piperidine rings is 1. The maximum atomic E-state index is 14.0. The Hall–Kier alpha value is -2.57. The average molecular weight is 399 g/mol. The molecular weight excluding hydrogens is 370 g/mol. The molecule has 2 aromatic rings. The number of hydrogen-bond donors (Lipinski definition) is 0. The minimum atomic E-state index is -0.537. The number of nitrogens with zero attached hydrogens (tertiary/aromatic N) is 3. The maximum Gasteiger partial charge on any atom is 0.249 e. The van der Waals surface area contributed by atoms with Gasteiger partial charge in [0.25, 0.3) is 0 Å². The Morgan fingerprint density at radius 1 is 1.14 bits per heavy atom. The summed E-state index contributed by atoms with van der Waals surface area (Å²) >= 11 is 0. The average Bonchev–Trinajstić information content (AvgIpc) is 3.43. The predicted molar refractivity (Wildman–Crippen MR) is 107 cm³/mol. The van der Waals surface area contributed by atoms with Gasteiger partial charge in [0.2, 0.25) is 11.8 Å². The summed E-state index contributed by atoms with van der Waals surface area (Å²) in [6.45, 7) is 2.53. The molecule has 1 aliphatic carbocycles. The fourth-order valence-electron chi connectivity index (χ4n) is 4.89. The third-order valence-corrected chi connectivity index (χ3v) is 6.39. The van der Waals surface area contributed by atoms with E-state index in [4.69, 9.17) is 14.0 Å². The van der Waals surface area contributed by atoms with E-state index < -0.39 is 5.41 Å². The Morgan fingerprint density at radius 2 is 1.90 bits per heavy atom. The fraction of sp³-hybridized carbons (Fsp3) is 0.591. The van der Waals surface area contributed by atoms with Crippen LogP contribution in [0.1, 0.15) is 68.3 Å². The summed E-state index contributed by atoms with van der Waals surface area (Å²) in [5.41, 5.74) is 0.466. The van der Waals surface area contributed by atoms with Crippen LogP contribution in [0.25, 0.3) is 0 Å². The van der Waals surface area contributed by atoms with Crippen LogP contribution in [-0.4, -0.2) is 41.7 Å². The third kappa shape index (κ3) is 3.47. The fourth-order valence-corrected chi connectivity index (χ4v) is 4.89. The second kappa shape index (κ2) is 8.05. The summed E-state index contributed by atoms with van der Waals surface area (Å²) in [5.74, 6) is 2.66. The van der Waals surface area contributed by atoms with E-state index in [2.05, 4.69) is 10.1 Å². The van der Waals surface area contributed by atoms with Gasteiger partial charge >= 0.3 is 0 Å². The lowest BCUT2D eigenvalue weighted by Gasteiger charge is -2.40. The topological polar surface area (TPSA) is 77.7 Å². The number of hydrogen-bond acceptors (Lipinski definition) is 6. The molecule has 156 valence electrons. The van der Waals surface area contributed by atoms with E-state index >= 15 is 0 Å². The van der Waals surface area contributed by atoms with Crippen molar-refractivity contribution in [3.05, 3.63) is 35.5 Å². The van der Waals surface area contributed by atoms with Crippen molar-refractivity contribution in [1.29, 1.82) is 0 Å². The first-order valence-corrected chi connectivity index (χ1v) is 10.4. The van der Waals surface area contributed by atoms with Crippen molar-refractivity contribution in [3.63, 3.8) is 0 Å². The van der Waals surface area contributed by atoms with Gasteiger partial charge in [-0.3, -0.25) is 4.79 Å². The van der Waals surface area contributed by atoms with Gasteiger partial charge in [-0.2, -0.15) is 4.98 Å². The first kappa shape index (κ1) is 19.7. The molecule has 7 nitrogen and oxygen atoms in total. The molecule has 4 rings (SSSR count). The van der Waals surface area contributed by atoms with E-state index in [0.29, 0.717) is 23.2 Å². The van der Waals surface area contributed by atoms with Crippen LogP contribution in [0.5, 0.6) is 11.5 Å². The van der Waals surface area contributed by atoms with Crippen molar-refractivity contribution in [2.24, 2.45) is 0 Å². The number of aromatic nitrogens is 2. The SMILES string of the molecule is COc1ccc(C2(C(=O)N3CCCCC3c3nc(C)no3)CCCC2)cc1OC. The molecule has 1 amide bonds. The number of carbonyl (C=O) groups is 1. The van der Waals surface area contributed by atoms with Gasteiger partial charge in [-0.1, -0.05) is 24.1 Å². The monoisotopic (exact) mass is 399 g/mol. The molecule has 1 aliphatic heterocycles. The molecule has 2 fully saturated rings. The van der Waals surface area contributed by atoms with Crippen LogP contribution in [0.2, 0.25) is 0 Å². The standard InChI is InChI=1S/C22H29N3O4/c1-15-23-20(29-24-15)17-8-4-7-13-25(17)21(26)22(11-5-6-12-22)16-9-10-18(27-2)19(14-16)28-3/h9-10,14,17H,4-8,11-13H2,1-3H3. The maximum absolute atomic E-state index is 14.0. The largest absolute Gasteiger partial charge is 0.493 e. The zero-order valence-electron chi connectivity index (χ0n) is 17.4. The van der Waals surface area contributed by atoms with Crippen molar-refractivity contribution in [1.82, 2.24) is 15.0 Å². The number of amides is 1. The Labute approximate surface area is 171 Å². The highest BCUT2D eigenvalue weighted by atomic mass is 16.5. The minimum Gasteiger partial charge on any atom is -0.493 e. The molecule has 1 saturated carbocycles. The van der Waals surface area contributed by atoms with Gasteiger partial charge in [0.15, 0.2) is 17.3 Å². The molecule has 7 heteroatoms. The summed E-state index contributed by atoms with van der Waals surface area (Å²) in [5, 5.41) is 3.95. The van der Waals surface area contributed by atoms with Gasteiger partial charge in [-0.05, 0) is 56.7 Å². The second-order valence-electron chi connectivity index (χ2n) is 8.05. The normalized spacial score (nSPS) is 21.2. The summed E-state index contributed by atoms with van der Waals surface area (Å²) in [6, 6.07) is 5.74. The van der Waals surface area contributed by atoms with Crippen molar-refractivity contribution >= 4 is 5.91 Å². The van der Waals surface area contributed by atoms with E-state index in [1.165, 1.54) is 0 Å². The lowest BCUT2D eigenvalue weighted by Crippen LogP contribution is -2.48. The number of benzene rings is 1. The van der Waals surface area contributed by atoms with Gasteiger partial charge < -0.3 is 18.9 Å². The van der Waals surface area contributed by atoms with E-state index in [1.54, 1.807) is 14.2 Å². The van der Waals surface area contributed by atoms with Crippen molar-refractivity contribution in [2.75, 3.05) is 20.8 Å². The van der Waals surface area contributed by atoms with Crippen LogP contribution < -0.4 is 9.47 Å². The number of likely N-dealkylation sites (tertiary alicyclic amines) is 1. The molecule has 2 heterocycles. The minimum absolute atomic E-state index is 0.143. The second-order valence-corrected chi connectivity index (χ2v) is 8.05. The number of methoxy groups -OCH3 is 2. The molecule has 0 radical (unpaired) electrons. The highest BCUT2D eigenvalue weighted by Crippen LogP contribution is 2.47. The number of aryl methyl sites for hydroxylation is 1. The summed E-state index contributed by atoms with van der Waals surface area (Å²) in [4.78, 5) is 20.4. The van der Waals surface area contributed by atoms with Crippen LogP contribution >= 0.6 is 0 Å². The van der Waals surface area contributed by atoms with Crippen LogP contribution in [-0.2, 0) is 10.2 Å². The summed E-state index contributed by atoms with van der Waals surface area (Å²) in [7, 11) is 3.25. The molecule has 29 heavy (non-hydrogen) atoms. The van der Waals surface area contributed by atoms with Crippen molar-refractivity contribution < 1.29 is 18.8 Å². The predicted octanol–water partition coefficient (Wildman–Crippen LogP) is 3.96. The van der Waals surface area contributed by atoms with Crippen molar-refractivity contribution in [3.8, 4) is 11.5 Å². The van der Waals surface area contributed by atoms with Crippen LogP contribution in [0.4, 0.5) is 0 Å². The first-order valence-electron chi connectivity index (χ1n) is 10.4. The smallest absolute Gasteiger partial charge is 0.249 e. The Balaban J connectivity index is 1.71. The Morgan fingerprint density at radius 3 is 2.55 bits per heavy atom. The quantitative estimate of drug-likeness (QED) is 0.757. The van der Waals surface area contributed by atoms with Crippen LogP contribution in [0.15, 0.2) is 22.7 Å². The molecule has 2 aliphatic rings. The van der Waals surface area contributed by atoms with Gasteiger partial charge in [-0.25, -0.2) is 0 Å². The molecular formula is C22H29N3O4. The molecule has 1 saturated heterocycles. The first-order chi connectivity index (χ1) is 14.1. The van der Waals surface area contributed by atoms with Crippen LogP contribution in [0, 0.1) is 6.92 Å². The molecule has 1 aromatic heterocycles. The summed E-state index contributed by atoms with van der Waals surface area (Å²) in [6.07, 6.45) is 6.67. The summed E-state index contributed by atoms with van der Waals surface area (Å²) < 4.78 is 16.4. The number of carbonyl (C=O) groups excluding carboxylic acids is 1. The van der Waals surface area contributed by atoms with E-state index in [0.717, 1.165) is 57.1 Å². The van der Waals surface area contributed by atoms with E-state index in [1.807, 2.05) is 30.0 Å². The number of rotatable bonds is 5. The Kier molecular flexibility index (Phi) is 5.48. The molecule has 0 N–H and O–H groups in total. The van der Waals surface area contributed by atoms with Gasteiger partial charge in [0, 0.05) is 6.54 Å². The third-order valence-electron chi connectivity index (χ3n) is 6.39. The van der Waals surface area contributed by atoms with Crippen molar-refractivity contribution in [2.45, 2.75) is 63.3 Å². The molecule has 0 bridgehead atoms. The van der Waals surface area contributed by atoms with Gasteiger partial charge in [-0.15, -0.1) is 0 Å². The molecule has 0 spiro atoms. The highest BCUT2D eigenvalue weighted by molar-refractivity contribution is 5.89. The lowest BCUT2D eigenvalue weighted by molar-refractivity contribution is -0.142. The van der Waals surface area contributed by atoms with Crippen LogP contribution in [0.3, 0.4) is 0 Å². The molecule has 1 atom stereocenters. The molecule has 1 aromatic carbocycles. The number of ether oxygens (including phenoxy) is 2. The highest BCUT2D eigenvalue weighted by Gasteiger charge is 2.48. The van der Waals surface area contributed by atoms with Gasteiger partial charge in [0.05, 0.1) is 19.6 Å². The van der Waals surface area contributed by atoms with E-state index in [-0.39, 0.29) is 11.9 Å². The van der Waals surface area contributed by atoms with E-state index in [9.17, 15) is 4.79 Å². The lowest BCUT2D eigenvalue weighted by atomic mass is 9.76.